The summed E-state index contributed by atoms with van der Waals surface area (Å²) >= 11 is 0. The van der Waals surface area contributed by atoms with Crippen molar-refractivity contribution in [2.24, 2.45) is 11.8 Å². The predicted octanol–water partition coefficient (Wildman–Crippen LogP) is 0.692. The number of carbonyl (C=O) groups excluding carboxylic acids is 1. The van der Waals surface area contributed by atoms with E-state index in [0.29, 0.717) is 5.92 Å². The second kappa shape index (κ2) is 5.98. The van der Waals surface area contributed by atoms with Gasteiger partial charge in [0.05, 0.1) is 12.6 Å². The molecular formula is C14H20N2O2. The van der Waals surface area contributed by atoms with Crippen LogP contribution in [0.25, 0.3) is 0 Å². The molecule has 1 saturated heterocycles. The number of hydrogen-bond donors (Lipinski definition) is 3. The monoisotopic (exact) mass is 248 g/mol. The van der Waals surface area contributed by atoms with E-state index in [0.717, 1.165) is 18.7 Å². The zero-order chi connectivity index (χ0) is 13.0. The van der Waals surface area contributed by atoms with Gasteiger partial charge in [0.2, 0.25) is 5.91 Å². The Labute approximate surface area is 107 Å². The summed E-state index contributed by atoms with van der Waals surface area (Å²) in [7, 11) is 0. The van der Waals surface area contributed by atoms with Crippen molar-refractivity contribution >= 4 is 5.91 Å². The summed E-state index contributed by atoms with van der Waals surface area (Å²) in [6, 6.07) is 9.25. The van der Waals surface area contributed by atoms with Crippen LogP contribution in [0, 0.1) is 11.8 Å². The van der Waals surface area contributed by atoms with Crippen molar-refractivity contribution in [2.75, 3.05) is 19.7 Å². The zero-order valence-corrected chi connectivity index (χ0v) is 10.6. The minimum absolute atomic E-state index is 0.0102. The van der Waals surface area contributed by atoms with Gasteiger partial charge in [-0.2, -0.15) is 0 Å². The zero-order valence-electron chi connectivity index (χ0n) is 10.6. The maximum Gasteiger partial charge on any atom is 0.223 e. The molecule has 0 spiro atoms. The van der Waals surface area contributed by atoms with Crippen LogP contribution in [0.15, 0.2) is 30.3 Å². The molecule has 1 aromatic carbocycles. The standard InChI is InChI=1S/C14H20N2O2/c1-10(12-7-15-8-12)14(18)16-13(9-17)11-5-3-2-4-6-11/h2-6,10,12-13,15,17H,7-9H2,1H3,(H,16,18)/t10?,13-/m0/s1. The van der Waals surface area contributed by atoms with Crippen LogP contribution in [0.1, 0.15) is 18.5 Å². The fourth-order valence-electron chi connectivity index (χ4n) is 2.10. The van der Waals surface area contributed by atoms with Crippen molar-refractivity contribution in [3.8, 4) is 0 Å². The maximum absolute atomic E-state index is 12.1. The highest BCUT2D eigenvalue weighted by atomic mass is 16.3. The molecule has 1 aliphatic rings. The van der Waals surface area contributed by atoms with Gasteiger partial charge in [-0.3, -0.25) is 4.79 Å². The SMILES string of the molecule is CC(C(=O)N[C@@H](CO)c1ccccc1)C1CNC1. The van der Waals surface area contributed by atoms with Gasteiger partial charge >= 0.3 is 0 Å². The number of aliphatic hydroxyl groups excluding tert-OH is 1. The predicted molar refractivity (Wildman–Crippen MR) is 69.9 cm³/mol. The molecule has 18 heavy (non-hydrogen) atoms. The van der Waals surface area contributed by atoms with E-state index in [1.165, 1.54) is 0 Å². The van der Waals surface area contributed by atoms with E-state index in [1.54, 1.807) is 0 Å². The Morgan fingerprint density at radius 3 is 2.61 bits per heavy atom. The normalized spacial score (nSPS) is 18.8. The van der Waals surface area contributed by atoms with Gasteiger partial charge in [0, 0.05) is 5.92 Å². The van der Waals surface area contributed by atoms with E-state index in [2.05, 4.69) is 10.6 Å². The first-order chi connectivity index (χ1) is 8.72. The Kier molecular flexibility index (Phi) is 4.33. The summed E-state index contributed by atoms with van der Waals surface area (Å²) in [6.07, 6.45) is 0. The molecule has 2 rings (SSSR count). The van der Waals surface area contributed by atoms with Crippen LogP contribution in [0.4, 0.5) is 0 Å². The largest absolute Gasteiger partial charge is 0.394 e. The lowest BCUT2D eigenvalue weighted by molar-refractivity contribution is -0.127. The van der Waals surface area contributed by atoms with Gasteiger partial charge < -0.3 is 15.7 Å². The van der Waals surface area contributed by atoms with Gasteiger partial charge in [0.25, 0.3) is 0 Å². The Morgan fingerprint density at radius 1 is 1.44 bits per heavy atom. The first kappa shape index (κ1) is 13.1. The van der Waals surface area contributed by atoms with Crippen LogP contribution in [0.2, 0.25) is 0 Å². The van der Waals surface area contributed by atoms with E-state index in [9.17, 15) is 9.90 Å². The summed E-state index contributed by atoms with van der Waals surface area (Å²) < 4.78 is 0. The number of amides is 1. The van der Waals surface area contributed by atoms with Gasteiger partial charge in [0.15, 0.2) is 0 Å². The molecule has 1 amide bonds. The van der Waals surface area contributed by atoms with Crippen molar-refractivity contribution < 1.29 is 9.90 Å². The highest BCUT2D eigenvalue weighted by molar-refractivity contribution is 5.79. The number of hydrogen-bond acceptors (Lipinski definition) is 3. The third kappa shape index (κ3) is 2.89. The second-order valence-electron chi connectivity index (χ2n) is 4.86. The molecule has 1 unspecified atom stereocenters. The summed E-state index contributed by atoms with van der Waals surface area (Å²) in [5.41, 5.74) is 0.937. The number of rotatable bonds is 5. The van der Waals surface area contributed by atoms with Crippen molar-refractivity contribution in [1.29, 1.82) is 0 Å². The second-order valence-corrected chi connectivity index (χ2v) is 4.86. The topological polar surface area (TPSA) is 61.4 Å². The van der Waals surface area contributed by atoms with Crippen LogP contribution in [0.5, 0.6) is 0 Å². The molecule has 98 valence electrons. The van der Waals surface area contributed by atoms with Crippen molar-refractivity contribution in [1.82, 2.24) is 10.6 Å². The number of carbonyl (C=O) groups is 1. The van der Waals surface area contributed by atoms with Gasteiger partial charge in [-0.05, 0) is 24.6 Å². The van der Waals surface area contributed by atoms with Gasteiger partial charge in [-0.25, -0.2) is 0 Å². The Morgan fingerprint density at radius 2 is 2.11 bits per heavy atom. The lowest BCUT2D eigenvalue weighted by atomic mass is 9.88. The molecule has 1 aliphatic heterocycles. The fraction of sp³-hybridized carbons (Fsp3) is 0.500. The maximum atomic E-state index is 12.1. The third-order valence-electron chi connectivity index (χ3n) is 3.63. The van der Waals surface area contributed by atoms with Gasteiger partial charge in [-0.1, -0.05) is 37.3 Å². The van der Waals surface area contributed by atoms with E-state index >= 15 is 0 Å². The van der Waals surface area contributed by atoms with Crippen LogP contribution in [-0.4, -0.2) is 30.7 Å². The van der Waals surface area contributed by atoms with Crippen molar-refractivity contribution in [3.63, 3.8) is 0 Å². The molecule has 4 heteroatoms. The first-order valence-corrected chi connectivity index (χ1v) is 6.39. The Hall–Kier alpha value is -1.39. The first-order valence-electron chi connectivity index (χ1n) is 6.39. The molecule has 0 aliphatic carbocycles. The van der Waals surface area contributed by atoms with Crippen LogP contribution >= 0.6 is 0 Å². The Balaban J connectivity index is 1.95. The van der Waals surface area contributed by atoms with Crippen LogP contribution in [0.3, 0.4) is 0 Å². The molecule has 1 fully saturated rings. The average Bonchev–Trinajstić information content (AvgIpc) is 2.34. The minimum atomic E-state index is -0.311. The summed E-state index contributed by atoms with van der Waals surface area (Å²) in [5.74, 6) is 0.425. The highest BCUT2D eigenvalue weighted by Crippen LogP contribution is 2.18. The Bertz CT molecular complexity index is 390. The van der Waals surface area contributed by atoms with Crippen molar-refractivity contribution in [3.05, 3.63) is 35.9 Å². The lowest BCUT2D eigenvalue weighted by Crippen LogP contribution is -2.50. The molecule has 0 bridgehead atoms. The molecule has 1 aromatic rings. The smallest absolute Gasteiger partial charge is 0.223 e. The highest BCUT2D eigenvalue weighted by Gasteiger charge is 2.29. The minimum Gasteiger partial charge on any atom is -0.394 e. The lowest BCUT2D eigenvalue weighted by Gasteiger charge is -2.32. The van der Waals surface area contributed by atoms with Crippen LogP contribution < -0.4 is 10.6 Å². The quantitative estimate of drug-likeness (QED) is 0.718. The molecule has 2 atom stereocenters. The average molecular weight is 248 g/mol. The van der Waals surface area contributed by atoms with E-state index in [-0.39, 0.29) is 24.5 Å². The molecular weight excluding hydrogens is 228 g/mol. The van der Waals surface area contributed by atoms with Gasteiger partial charge in [0.1, 0.15) is 0 Å². The molecule has 0 saturated carbocycles. The van der Waals surface area contributed by atoms with E-state index < -0.39 is 0 Å². The summed E-state index contributed by atoms with van der Waals surface area (Å²) in [4.78, 5) is 12.1. The molecule has 1 heterocycles. The fourth-order valence-corrected chi connectivity index (χ4v) is 2.10. The summed E-state index contributed by atoms with van der Waals surface area (Å²) in [6.45, 7) is 3.68. The number of aliphatic hydroxyl groups is 1. The number of benzene rings is 1. The van der Waals surface area contributed by atoms with E-state index in [1.807, 2.05) is 37.3 Å². The van der Waals surface area contributed by atoms with Gasteiger partial charge in [-0.15, -0.1) is 0 Å². The summed E-state index contributed by atoms with van der Waals surface area (Å²) in [5, 5.41) is 15.5. The molecule has 4 nitrogen and oxygen atoms in total. The molecule has 0 aromatic heterocycles. The molecule has 0 radical (unpaired) electrons. The molecule has 3 N–H and O–H groups in total. The third-order valence-corrected chi connectivity index (χ3v) is 3.63. The van der Waals surface area contributed by atoms with E-state index in [4.69, 9.17) is 0 Å². The van der Waals surface area contributed by atoms with Crippen molar-refractivity contribution in [2.45, 2.75) is 13.0 Å². The van der Waals surface area contributed by atoms with Crippen LogP contribution in [-0.2, 0) is 4.79 Å². The number of nitrogens with one attached hydrogen (secondary N) is 2.